The minimum atomic E-state index is 0. The van der Waals surface area contributed by atoms with Crippen LogP contribution in [0.15, 0.2) is 0 Å². The summed E-state index contributed by atoms with van der Waals surface area (Å²) in [7, 11) is 0. The highest BCUT2D eigenvalue weighted by Crippen LogP contribution is 2.42. The average molecular weight is 327 g/mol. The zero-order valence-corrected chi connectivity index (χ0v) is 16.8. The first-order valence-corrected chi connectivity index (χ1v) is 10.8. The summed E-state index contributed by atoms with van der Waals surface area (Å²) in [6, 6.07) is 0. The normalized spacial score (nSPS) is 30.0. The molecular weight excluding hydrogens is 276 g/mol. The molecule has 2 rings (SSSR count). The fraction of sp³-hybridized carbons (Fsp3) is 1.00. The van der Waals surface area contributed by atoms with E-state index in [1.807, 2.05) is 27.7 Å². The van der Waals surface area contributed by atoms with Crippen molar-refractivity contribution in [3.8, 4) is 0 Å². The van der Waals surface area contributed by atoms with Gasteiger partial charge in [-0.05, 0) is 49.4 Å². The number of unbranched alkanes of at least 4 members (excludes halogenated alkanes) is 2. The molecule has 0 aromatic heterocycles. The molecule has 0 N–H and O–H groups in total. The van der Waals surface area contributed by atoms with Gasteiger partial charge in [0.15, 0.2) is 0 Å². The second-order valence-corrected chi connectivity index (χ2v) is 7.30. The van der Waals surface area contributed by atoms with Gasteiger partial charge < -0.3 is 0 Å². The van der Waals surface area contributed by atoms with Gasteiger partial charge in [-0.25, -0.2) is 0 Å². The lowest BCUT2D eigenvalue weighted by molar-refractivity contribution is 0.146. The van der Waals surface area contributed by atoms with Crippen LogP contribution in [0.5, 0.6) is 0 Å². The highest BCUT2D eigenvalue weighted by atomic mass is 14.3. The lowest BCUT2D eigenvalue weighted by Crippen LogP contribution is -2.25. The summed E-state index contributed by atoms with van der Waals surface area (Å²) in [4.78, 5) is 0. The van der Waals surface area contributed by atoms with Gasteiger partial charge in [0.1, 0.15) is 0 Å². The molecule has 142 valence electrons. The third-order valence-electron chi connectivity index (χ3n) is 5.83. The van der Waals surface area contributed by atoms with Crippen LogP contribution in [0.1, 0.15) is 126 Å². The highest BCUT2D eigenvalue weighted by Gasteiger charge is 2.29. The molecule has 0 amide bonds. The zero-order valence-electron chi connectivity index (χ0n) is 16.8. The SMILES string of the molecule is C.CC.CC.CCCCCC1CCC(C2CCC(C)CC2)CC1. The van der Waals surface area contributed by atoms with Crippen molar-refractivity contribution in [2.75, 3.05) is 0 Å². The van der Waals surface area contributed by atoms with Crippen molar-refractivity contribution in [1.82, 2.24) is 0 Å². The van der Waals surface area contributed by atoms with E-state index < -0.39 is 0 Å². The largest absolute Gasteiger partial charge is 0.0776 e. The van der Waals surface area contributed by atoms with E-state index in [1.54, 1.807) is 38.5 Å². The van der Waals surface area contributed by atoms with Crippen LogP contribution in [-0.2, 0) is 0 Å². The van der Waals surface area contributed by atoms with E-state index >= 15 is 0 Å². The van der Waals surface area contributed by atoms with Crippen molar-refractivity contribution in [3.05, 3.63) is 0 Å². The van der Waals surface area contributed by atoms with Crippen LogP contribution in [0.2, 0.25) is 0 Å². The van der Waals surface area contributed by atoms with E-state index in [-0.39, 0.29) is 7.43 Å². The van der Waals surface area contributed by atoms with Gasteiger partial charge >= 0.3 is 0 Å². The molecule has 23 heavy (non-hydrogen) atoms. The van der Waals surface area contributed by atoms with Crippen LogP contribution in [-0.4, -0.2) is 0 Å². The van der Waals surface area contributed by atoms with Gasteiger partial charge in [-0.1, -0.05) is 100 Å². The Hall–Kier alpha value is 0. The van der Waals surface area contributed by atoms with Crippen molar-refractivity contribution in [2.24, 2.45) is 23.7 Å². The Morgan fingerprint density at radius 2 is 1.09 bits per heavy atom. The van der Waals surface area contributed by atoms with E-state index in [1.165, 1.54) is 38.5 Å². The molecule has 0 unspecified atom stereocenters. The Morgan fingerprint density at radius 1 is 0.652 bits per heavy atom. The molecule has 2 aliphatic carbocycles. The van der Waals surface area contributed by atoms with Crippen molar-refractivity contribution in [1.29, 1.82) is 0 Å². The molecule has 2 aliphatic rings. The fourth-order valence-corrected chi connectivity index (χ4v) is 4.39. The van der Waals surface area contributed by atoms with Crippen LogP contribution >= 0.6 is 0 Å². The van der Waals surface area contributed by atoms with Crippen molar-refractivity contribution in [2.45, 2.75) is 126 Å². The van der Waals surface area contributed by atoms with Crippen LogP contribution in [0.3, 0.4) is 0 Å². The van der Waals surface area contributed by atoms with Gasteiger partial charge in [-0.2, -0.15) is 0 Å². The molecule has 0 saturated heterocycles. The van der Waals surface area contributed by atoms with Crippen LogP contribution in [0.25, 0.3) is 0 Å². The third-order valence-corrected chi connectivity index (χ3v) is 5.83. The van der Waals surface area contributed by atoms with Crippen LogP contribution in [0.4, 0.5) is 0 Å². The molecular formula is C23H50. The zero-order chi connectivity index (χ0) is 16.8. The summed E-state index contributed by atoms with van der Waals surface area (Å²) in [5.41, 5.74) is 0. The smallest absolute Gasteiger partial charge is 0.0386 e. The molecule has 0 nitrogen and oxygen atoms in total. The summed E-state index contributed by atoms with van der Waals surface area (Å²) in [6.45, 7) is 12.8. The first kappa shape index (κ1) is 25.2. The number of hydrogen-bond donors (Lipinski definition) is 0. The summed E-state index contributed by atoms with van der Waals surface area (Å²) in [5, 5.41) is 0. The lowest BCUT2D eigenvalue weighted by Gasteiger charge is -2.37. The van der Waals surface area contributed by atoms with Crippen molar-refractivity contribution >= 4 is 0 Å². The van der Waals surface area contributed by atoms with Crippen molar-refractivity contribution < 1.29 is 0 Å². The maximum Gasteiger partial charge on any atom is -0.0386 e. The summed E-state index contributed by atoms with van der Waals surface area (Å²) in [6.07, 6.45) is 18.2. The van der Waals surface area contributed by atoms with E-state index in [4.69, 9.17) is 0 Å². The van der Waals surface area contributed by atoms with E-state index in [2.05, 4.69) is 13.8 Å². The van der Waals surface area contributed by atoms with Gasteiger partial charge in [0.25, 0.3) is 0 Å². The fourth-order valence-electron chi connectivity index (χ4n) is 4.39. The third kappa shape index (κ3) is 10.5. The predicted molar refractivity (Wildman–Crippen MR) is 110 cm³/mol. The molecule has 0 aromatic rings. The number of hydrogen-bond acceptors (Lipinski definition) is 0. The lowest BCUT2D eigenvalue weighted by atomic mass is 9.69. The van der Waals surface area contributed by atoms with Gasteiger partial charge in [-0.3, -0.25) is 0 Å². The average Bonchev–Trinajstić information content (AvgIpc) is 2.60. The summed E-state index contributed by atoms with van der Waals surface area (Å²) < 4.78 is 0. The summed E-state index contributed by atoms with van der Waals surface area (Å²) in [5.74, 6) is 4.33. The second kappa shape index (κ2) is 16.8. The van der Waals surface area contributed by atoms with Crippen LogP contribution < -0.4 is 0 Å². The van der Waals surface area contributed by atoms with E-state index in [0.717, 1.165) is 23.7 Å². The standard InChI is InChI=1S/C18H34.2C2H6.CH4/c1-3-4-5-6-16-9-13-18(14-10-16)17-11-7-15(2)8-12-17;2*1-2;/h15-18H,3-14H2,1-2H3;2*1-2H3;1H4. The Kier molecular flexibility index (Phi) is 18.5. The van der Waals surface area contributed by atoms with Crippen LogP contribution in [0, 0.1) is 23.7 Å². The minimum Gasteiger partial charge on any atom is -0.0776 e. The van der Waals surface area contributed by atoms with Gasteiger partial charge in [0.2, 0.25) is 0 Å². The van der Waals surface area contributed by atoms with E-state index in [9.17, 15) is 0 Å². The molecule has 0 spiro atoms. The maximum atomic E-state index is 2.45. The Morgan fingerprint density at radius 3 is 1.52 bits per heavy atom. The molecule has 0 aromatic carbocycles. The number of rotatable bonds is 5. The molecule has 0 atom stereocenters. The molecule has 0 radical (unpaired) electrons. The quantitative estimate of drug-likeness (QED) is 0.442. The second-order valence-electron chi connectivity index (χ2n) is 7.30. The topological polar surface area (TPSA) is 0 Å². The van der Waals surface area contributed by atoms with Gasteiger partial charge in [0, 0.05) is 0 Å². The predicted octanol–water partition coefficient (Wildman–Crippen LogP) is 8.89. The Labute approximate surface area is 150 Å². The van der Waals surface area contributed by atoms with Crippen molar-refractivity contribution in [3.63, 3.8) is 0 Å². The van der Waals surface area contributed by atoms with E-state index in [0.29, 0.717) is 0 Å². The first-order valence-electron chi connectivity index (χ1n) is 10.8. The Bertz CT molecular complexity index is 204. The first-order chi connectivity index (χ1) is 10.8. The molecule has 2 fully saturated rings. The molecule has 0 aliphatic heterocycles. The molecule has 2 saturated carbocycles. The van der Waals surface area contributed by atoms with Gasteiger partial charge in [0.05, 0.1) is 0 Å². The monoisotopic (exact) mass is 326 g/mol. The molecule has 0 bridgehead atoms. The summed E-state index contributed by atoms with van der Waals surface area (Å²) >= 11 is 0. The minimum absolute atomic E-state index is 0. The Balaban J connectivity index is 0. The molecule has 0 heterocycles. The van der Waals surface area contributed by atoms with Gasteiger partial charge in [-0.15, -0.1) is 0 Å². The highest BCUT2D eigenvalue weighted by molar-refractivity contribution is 4.81. The molecule has 0 heteroatoms. The maximum absolute atomic E-state index is 2.45.